The molecular weight excluding hydrogens is 160 g/mol. The van der Waals surface area contributed by atoms with E-state index in [1.165, 1.54) is 32.1 Å². The first-order valence-electron chi connectivity index (χ1n) is 5.60. The van der Waals surface area contributed by atoms with Crippen LogP contribution in [0.2, 0.25) is 0 Å². The van der Waals surface area contributed by atoms with Crippen LogP contribution in [0.25, 0.3) is 0 Å². The highest BCUT2D eigenvalue weighted by Gasteiger charge is 2.49. The Kier molecular flexibility index (Phi) is 1.59. The number of rotatable bonds is 1. The lowest BCUT2D eigenvalue weighted by atomic mass is 9.51. The summed E-state index contributed by atoms with van der Waals surface area (Å²) in [4.78, 5) is 11.4. The van der Waals surface area contributed by atoms with Crippen LogP contribution >= 0.6 is 0 Å². The molecule has 0 N–H and O–H groups in total. The lowest BCUT2D eigenvalue weighted by molar-refractivity contribution is -0.131. The zero-order valence-corrected chi connectivity index (χ0v) is 8.04. The number of Topliss-reactive ketones (excluding diaryl/α,β-unsaturated/α-hetero) is 1. The van der Waals surface area contributed by atoms with Gasteiger partial charge in [0.1, 0.15) is 5.78 Å². The average Bonchev–Trinajstić information content (AvgIpc) is 2.00. The Bertz CT molecular complexity index is 216. The highest BCUT2D eigenvalue weighted by molar-refractivity contribution is 5.85. The van der Waals surface area contributed by atoms with Crippen molar-refractivity contribution in [2.75, 3.05) is 0 Å². The Morgan fingerprint density at radius 2 is 1.38 bits per heavy atom. The maximum atomic E-state index is 11.4. The van der Waals surface area contributed by atoms with E-state index in [2.05, 4.69) is 6.92 Å². The van der Waals surface area contributed by atoms with Crippen molar-refractivity contribution in [2.45, 2.75) is 32.1 Å². The lowest BCUT2D eigenvalue weighted by Gasteiger charge is -2.53. The minimum absolute atomic E-state index is 0.230. The van der Waals surface area contributed by atoms with E-state index in [0.717, 1.165) is 23.7 Å². The third-order valence-corrected chi connectivity index (χ3v) is 4.60. The second-order valence-corrected chi connectivity index (χ2v) is 5.42. The van der Waals surface area contributed by atoms with Crippen molar-refractivity contribution in [3.63, 3.8) is 0 Å². The van der Waals surface area contributed by atoms with Crippen molar-refractivity contribution in [3.8, 4) is 0 Å². The van der Waals surface area contributed by atoms with E-state index in [0.29, 0.717) is 5.92 Å². The molecule has 71 valence electrons. The first kappa shape index (κ1) is 8.02. The van der Waals surface area contributed by atoms with Crippen LogP contribution in [0.15, 0.2) is 0 Å². The quantitative estimate of drug-likeness (QED) is 0.601. The molecule has 0 aromatic rings. The van der Waals surface area contributed by atoms with Crippen LogP contribution in [0.4, 0.5) is 0 Å². The normalized spacial score (nSPS) is 52.5. The van der Waals surface area contributed by atoms with Crippen molar-refractivity contribution >= 4 is 5.78 Å². The van der Waals surface area contributed by atoms with Gasteiger partial charge in [-0.1, -0.05) is 0 Å². The number of hydrogen-bond donors (Lipinski definition) is 0. The van der Waals surface area contributed by atoms with Gasteiger partial charge in [0.05, 0.1) is 0 Å². The SMILES string of the molecule is [CH2]C(=O)C1C2CC3CC(C2)CC1C3. The maximum absolute atomic E-state index is 11.4. The van der Waals surface area contributed by atoms with E-state index in [1.807, 2.05) is 0 Å². The molecule has 4 aliphatic carbocycles. The minimum Gasteiger partial charge on any atom is -0.299 e. The van der Waals surface area contributed by atoms with Gasteiger partial charge in [0.15, 0.2) is 0 Å². The van der Waals surface area contributed by atoms with Crippen LogP contribution in [0.1, 0.15) is 32.1 Å². The molecule has 0 amide bonds. The Morgan fingerprint density at radius 1 is 0.923 bits per heavy atom. The molecule has 13 heavy (non-hydrogen) atoms. The van der Waals surface area contributed by atoms with Gasteiger partial charge >= 0.3 is 0 Å². The fraction of sp³-hybridized carbons (Fsp3) is 0.833. The van der Waals surface area contributed by atoms with Crippen LogP contribution in [0.3, 0.4) is 0 Å². The molecule has 1 nitrogen and oxygen atoms in total. The average molecular weight is 177 g/mol. The van der Waals surface area contributed by atoms with E-state index in [4.69, 9.17) is 0 Å². The minimum atomic E-state index is 0.230. The largest absolute Gasteiger partial charge is 0.299 e. The fourth-order valence-electron chi connectivity index (χ4n) is 4.45. The molecule has 0 aromatic carbocycles. The summed E-state index contributed by atoms with van der Waals surface area (Å²) >= 11 is 0. The Balaban J connectivity index is 1.89. The Hall–Kier alpha value is -0.330. The van der Waals surface area contributed by atoms with Gasteiger partial charge in [-0.05, 0) is 55.8 Å². The molecule has 4 rings (SSSR count). The van der Waals surface area contributed by atoms with Crippen LogP contribution in [0.5, 0.6) is 0 Å². The first-order chi connectivity index (χ1) is 6.24. The lowest BCUT2D eigenvalue weighted by Crippen LogP contribution is -2.47. The van der Waals surface area contributed by atoms with Crippen LogP contribution in [0, 0.1) is 36.5 Å². The molecule has 0 heterocycles. The summed E-state index contributed by atoms with van der Waals surface area (Å²) in [6, 6.07) is 0. The smallest absolute Gasteiger partial charge is 0.136 e. The Labute approximate surface area is 79.9 Å². The molecule has 4 bridgehead atoms. The highest BCUT2D eigenvalue weighted by Crippen LogP contribution is 2.56. The van der Waals surface area contributed by atoms with Crippen LogP contribution in [-0.4, -0.2) is 5.78 Å². The second kappa shape index (κ2) is 2.59. The van der Waals surface area contributed by atoms with Crippen LogP contribution in [-0.2, 0) is 4.79 Å². The fourth-order valence-corrected chi connectivity index (χ4v) is 4.45. The molecule has 4 aliphatic rings. The van der Waals surface area contributed by atoms with Gasteiger partial charge in [-0.25, -0.2) is 0 Å². The molecule has 0 spiro atoms. The van der Waals surface area contributed by atoms with Gasteiger partial charge in [0.2, 0.25) is 0 Å². The third kappa shape index (κ3) is 1.09. The second-order valence-electron chi connectivity index (χ2n) is 5.42. The predicted molar refractivity (Wildman–Crippen MR) is 50.9 cm³/mol. The monoisotopic (exact) mass is 177 g/mol. The molecule has 1 radical (unpaired) electrons. The van der Waals surface area contributed by atoms with Crippen LogP contribution < -0.4 is 0 Å². The predicted octanol–water partition coefficient (Wildman–Crippen LogP) is 2.46. The summed E-state index contributed by atoms with van der Waals surface area (Å²) in [6.07, 6.45) is 6.79. The van der Waals surface area contributed by atoms with Crippen molar-refractivity contribution in [3.05, 3.63) is 6.92 Å². The van der Waals surface area contributed by atoms with Gasteiger partial charge < -0.3 is 0 Å². The van der Waals surface area contributed by atoms with Crippen molar-refractivity contribution in [1.82, 2.24) is 0 Å². The molecular formula is C12H17O. The Morgan fingerprint density at radius 3 is 1.77 bits per heavy atom. The van der Waals surface area contributed by atoms with Gasteiger partial charge in [0, 0.05) is 12.8 Å². The number of carbonyl (C=O) groups is 1. The maximum Gasteiger partial charge on any atom is 0.136 e. The zero-order valence-electron chi connectivity index (χ0n) is 8.04. The zero-order chi connectivity index (χ0) is 9.00. The van der Waals surface area contributed by atoms with Crippen molar-refractivity contribution in [2.24, 2.45) is 29.6 Å². The number of carbonyl (C=O) groups excluding carboxylic acids is 1. The molecule has 0 atom stereocenters. The van der Waals surface area contributed by atoms with Crippen molar-refractivity contribution < 1.29 is 4.79 Å². The third-order valence-electron chi connectivity index (χ3n) is 4.60. The molecule has 0 aliphatic heterocycles. The van der Waals surface area contributed by atoms with Crippen molar-refractivity contribution in [1.29, 1.82) is 0 Å². The summed E-state index contributed by atoms with van der Waals surface area (Å²) in [5, 5.41) is 0. The topological polar surface area (TPSA) is 17.1 Å². The summed E-state index contributed by atoms with van der Waals surface area (Å²) in [6.45, 7) is 3.65. The van der Waals surface area contributed by atoms with E-state index in [9.17, 15) is 4.79 Å². The van der Waals surface area contributed by atoms with Gasteiger partial charge in [-0.15, -0.1) is 0 Å². The molecule has 4 fully saturated rings. The van der Waals surface area contributed by atoms with Gasteiger partial charge in [0.25, 0.3) is 0 Å². The molecule has 4 saturated carbocycles. The summed E-state index contributed by atoms with van der Waals surface area (Å²) < 4.78 is 0. The van der Waals surface area contributed by atoms with E-state index in [-0.39, 0.29) is 5.78 Å². The van der Waals surface area contributed by atoms with E-state index < -0.39 is 0 Å². The molecule has 0 saturated heterocycles. The summed E-state index contributed by atoms with van der Waals surface area (Å²) in [7, 11) is 0. The van der Waals surface area contributed by atoms with E-state index >= 15 is 0 Å². The molecule has 0 unspecified atom stereocenters. The van der Waals surface area contributed by atoms with Gasteiger partial charge in [-0.3, -0.25) is 4.79 Å². The highest BCUT2D eigenvalue weighted by atomic mass is 16.1. The standard InChI is InChI=1S/C12H17O/c1-7(13)12-10-3-8-2-9(5-10)6-11(12)4-8/h8-12H,1-6H2. The number of hydrogen-bond acceptors (Lipinski definition) is 1. The van der Waals surface area contributed by atoms with Gasteiger partial charge in [-0.2, -0.15) is 0 Å². The number of ketones is 1. The summed E-state index contributed by atoms with van der Waals surface area (Å²) in [5.74, 6) is 3.97. The van der Waals surface area contributed by atoms with E-state index in [1.54, 1.807) is 0 Å². The molecule has 0 aromatic heterocycles. The first-order valence-corrected chi connectivity index (χ1v) is 5.60. The summed E-state index contributed by atoms with van der Waals surface area (Å²) in [5.41, 5.74) is 0. The molecule has 1 heteroatoms.